The summed E-state index contributed by atoms with van der Waals surface area (Å²) in [7, 11) is 3.16. The fraction of sp³-hybridized carbons (Fsp3) is 0.231. The van der Waals surface area contributed by atoms with Gasteiger partial charge in [-0.3, -0.25) is 20.1 Å². The minimum atomic E-state index is -0.572. The highest BCUT2D eigenvalue weighted by molar-refractivity contribution is 6.00. The smallest absolute Gasteiger partial charge is 0.325 e. The quantitative estimate of drug-likeness (QED) is 0.665. The van der Waals surface area contributed by atoms with E-state index in [4.69, 9.17) is 4.74 Å². The predicted octanol–water partition coefficient (Wildman–Crippen LogP) is 2.29. The lowest BCUT2D eigenvalue weighted by Gasteiger charge is -2.10. The van der Waals surface area contributed by atoms with E-state index in [0.717, 1.165) is 5.69 Å². The number of amides is 2. The largest absolute Gasteiger partial charge is 0.495 e. The molecule has 9 heteroatoms. The van der Waals surface area contributed by atoms with Crippen molar-refractivity contribution < 1.29 is 14.5 Å². The molecule has 0 fully saturated rings. The van der Waals surface area contributed by atoms with Gasteiger partial charge in [-0.25, -0.2) is 4.79 Å². The molecule has 116 valence electrons. The molecule has 1 aromatic heterocycles. The molecule has 2 N–H and O–H groups in total. The van der Waals surface area contributed by atoms with E-state index in [1.165, 1.54) is 25.3 Å². The maximum Gasteiger partial charge on any atom is 0.325 e. The maximum atomic E-state index is 12.0. The van der Waals surface area contributed by atoms with Crippen molar-refractivity contribution in [3.05, 3.63) is 40.1 Å². The number of nitrogens with one attached hydrogen (secondary N) is 2. The Morgan fingerprint density at radius 2 is 2.09 bits per heavy atom. The second-order valence-corrected chi connectivity index (χ2v) is 4.52. The number of nitrogens with zero attached hydrogens (tertiary/aromatic N) is 3. The summed E-state index contributed by atoms with van der Waals surface area (Å²) in [5, 5.41) is 19.9. The third-order valence-corrected chi connectivity index (χ3v) is 3.00. The van der Waals surface area contributed by atoms with E-state index in [9.17, 15) is 14.9 Å². The van der Waals surface area contributed by atoms with Crippen molar-refractivity contribution in [2.24, 2.45) is 7.05 Å². The molecule has 0 aliphatic carbocycles. The van der Waals surface area contributed by atoms with Crippen molar-refractivity contribution in [2.75, 3.05) is 17.7 Å². The monoisotopic (exact) mass is 305 g/mol. The number of aryl methyl sites for hydroxylation is 2. The Morgan fingerprint density at radius 1 is 1.36 bits per heavy atom. The number of ether oxygens (including phenoxy) is 1. The standard InChI is InChI=1S/C13H15N5O4/c1-8-6-12(16-17(8)2)15-13(19)14-10-7-9(18(20)21)4-5-11(10)22-3/h4-7H,1-3H3,(H2,14,15,16,19). The average molecular weight is 305 g/mol. The molecule has 0 aliphatic heterocycles. The molecule has 0 unspecified atom stereocenters. The molecule has 0 saturated carbocycles. The SMILES string of the molecule is COc1ccc([N+](=O)[O-])cc1NC(=O)Nc1cc(C)n(C)n1. The second kappa shape index (κ2) is 6.12. The zero-order chi connectivity index (χ0) is 16.3. The van der Waals surface area contributed by atoms with Gasteiger partial charge in [-0.2, -0.15) is 5.10 Å². The summed E-state index contributed by atoms with van der Waals surface area (Å²) in [5.74, 6) is 0.694. The molecule has 0 radical (unpaired) electrons. The number of non-ortho nitro benzene ring substituents is 1. The van der Waals surface area contributed by atoms with Gasteiger partial charge in [-0.1, -0.05) is 0 Å². The third-order valence-electron chi connectivity index (χ3n) is 3.00. The molecule has 9 nitrogen and oxygen atoms in total. The lowest BCUT2D eigenvalue weighted by atomic mass is 10.2. The number of nitro groups is 1. The van der Waals surface area contributed by atoms with E-state index in [1.54, 1.807) is 17.8 Å². The summed E-state index contributed by atoms with van der Waals surface area (Å²) in [4.78, 5) is 22.2. The zero-order valence-electron chi connectivity index (χ0n) is 12.3. The van der Waals surface area contributed by atoms with Gasteiger partial charge in [0, 0.05) is 30.9 Å². The van der Waals surface area contributed by atoms with Crippen LogP contribution < -0.4 is 15.4 Å². The first-order valence-corrected chi connectivity index (χ1v) is 6.32. The molecular formula is C13H15N5O4. The molecule has 2 rings (SSSR count). The Kier molecular flexibility index (Phi) is 4.25. The Labute approximate surface area is 126 Å². The van der Waals surface area contributed by atoms with E-state index >= 15 is 0 Å². The average Bonchev–Trinajstić information content (AvgIpc) is 2.76. The number of carbonyl (C=O) groups is 1. The van der Waals surface area contributed by atoms with Crippen LogP contribution in [-0.4, -0.2) is 27.8 Å². The van der Waals surface area contributed by atoms with Gasteiger partial charge < -0.3 is 10.1 Å². The van der Waals surface area contributed by atoms with Crippen LogP contribution in [0.15, 0.2) is 24.3 Å². The molecular weight excluding hydrogens is 290 g/mol. The molecule has 0 aliphatic rings. The highest BCUT2D eigenvalue weighted by Crippen LogP contribution is 2.28. The Hall–Kier alpha value is -3.10. The summed E-state index contributed by atoms with van der Waals surface area (Å²) in [6.07, 6.45) is 0. The van der Waals surface area contributed by atoms with E-state index < -0.39 is 11.0 Å². The molecule has 2 amide bonds. The van der Waals surface area contributed by atoms with Crippen LogP contribution in [-0.2, 0) is 7.05 Å². The molecule has 0 spiro atoms. The first kappa shape index (κ1) is 15.3. The second-order valence-electron chi connectivity index (χ2n) is 4.52. The fourth-order valence-corrected chi connectivity index (χ4v) is 1.80. The van der Waals surface area contributed by atoms with Crippen molar-refractivity contribution >= 4 is 23.2 Å². The van der Waals surface area contributed by atoms with Crippen molar-refractivity contribution in [1.82, 2.24) is 9.78 Å². The molecule has 0 bridgehead atoms. The number of nitro benzene ring substituents is 1. The van der Waals surface area contributed by atoms with Gasteiger partial charge in [-0.05, 0) is 13.0 Å². The maximum absolute atomic E-state index is 12.0. The molecule has 22 heavy (non-hydrogen) atoms. The van der Waals surface area contributed by atoms with Crippen molar-refractivity contribution in [3.63, 3.8) is 0 Å². The minimum absolute atomic E-state index is 0.148. The van der Waals surface area contributed by atoms with Gasteiger partial charge in [0.2, 0.25) is 0 Å². The lowest BCUT2D eigenvalue weighted by molar-refractivity contribution is -0.384. The Bertz CT molecular complexity index is 706. The van der Waals surface area contributed by atoms with Gasteiger partial charge in [-0.15, -0.1) is 0 Å². The molecule has 1 heterocycles. The van der Waals surface area contributed by atoms with Crippen molar-refractivity contribution in [2.45, 2.75) is 6.92 Å². The molecule has 0 atom stereocenters. The Balaban J connectivity index is 2.16. The summed E-state index contributed by atoms with van der Waals surface area (Å²) in [6.45, 7) is 1.85. The van der Waals surface area contributed by atoms with Crippen LogP contribution in [0.3, 0.4) is 0 Å². The number of methoxy groups -OCH3 is 1. The summed E-state index contributed by atoms with van der Waals surface area (Å²) >= 11 is 0. The van der Waals surface area contributed by atoms with Crippen LogP contribution in [0.4, 0.5) is 22.0 Å². The van der Waals surface area contributed by atoms with Crippen LogP contribution in [0.1, 0.15) is 5.69 Å². The number of hydrogen-bond acceptors (Lipinski definition) is 5. The van der Waals surface area contributed by atoms with Crippen LogP contribution in [0.2, 0.25) is 0 Å². The lowest BCUT2D eigenvalue weighted by Crippen LogP contribution is -2.20. The molecule has 1 aromatic carbocycles. The number of hydrogen-bond donors (Lipinski definition) is 2. The number of rotatable bonds is 4. The van der Waals surface area contributed by atoms with E-state index in [-0.39, 0.29) is 11.4 Å². The van der Waals surface area contributed by atoms with E-state index in [2.05, 4.69) is 15.7 Å². The number of aromatic nitrogens is 2. The van der Waals surface area contributed by atoms with Crippen LogP contribution >= 0.6 is 0 Å². The summed E-state index contributed by atoms with van der Waals surface area (Å²) in [6, 6.07) is 5.06. The Morgan fingerprint density at radius 3 is 2.64 bits per heavy atom. The molecule has 0 saturated heterocycles. The normalized spacial score (nSPS) is 10.1. The number of benzene rings is 1. The fourth-order valence-electron chi connectivity index (χ4n) is 1.80. The first-order chi connectivity index (χ1) is 10.4. The van der Waals surface area contributed by atoms with Crippen LogP contribution in [0.5, 0.6) is 5.75 Å². The summed E-state index contributed by atoms with van der Waals surface area (Å²) in [5.41, 5.74) is 0.926. The van der Waals surface area contributed by atoms with Crippen molar-refractivity contribution in [1.29, 1.82) is 0 Å². The van der Waals surface area contributed by atoms with Gasteiger partial charge in [0.1, 0.15) is 5.75 Å². The summed E-state index contributed by atoms with van der Waals surface area (Å²) < 4.78 is 6.68. The topological polar surface area (TPSA) is 111 Å². The first-order valence-electron chi connectivity index (χ1n) is 6.32. The van der Waals surface area contributed by atoms with Crippen LogP contribution in [0, 0.1) is 17.0 Å². The van der Waals surface area contributed by atoms with Gasteiger partial charge in [0.05, 0.1) is 17.7 Å². The number of anilines is 2. The minimum Gasteiger partial charge on any atom is -0.495 e. The van der Waals surface area contributed by atoms with Gasteiger partial charge in [0.15, 0.2) is 5.82 Å². The van der Waals surface area contributed by atoms with Crippen LogP contribution in [0.25, 0.3) is 0 Å². The number of carbonyl (C=O) groups excluding carboxylic acids is 1. The number of urea groups is 1. The van der Waals surface area contributed by atoms with Crippen molar-refractivity contribution in [3.8, 4) is 5.75 Å². The van der Waals surface area contributed by atoms with Gasteiger partial charge >= 0.3 is 6.03 Å². The van der Waals surface area contributed by atoms with Gasteiger partial charge in [0.25, 0.3) is 5.69 Å². The predicted molar refractivity (Wildman–Crippen MR) is 80.2 cm³/mol. The van der Waals surface area contributed by atoms with E-state index in [0.29, 0.717) is 11.6 Å². The third kappa shape index (κ3) is 3.32. The molecule has 2 aromatic rings. The zero-order valence-corrected chi connectivity index (χ0v) is 12.3. The highest BCUT2D eigenvalue weighted by Gasteiger charge is 2.14. The highest BCUT2D eigenvalue weighted by atomic mass is 16.6. The van der Waals surface area contributed by atoms with E-state index in [1.807, 2.05) is 6.92 Å².